The van der Waals surface area contributed by atoms with E-state index in [2.05, 4.69) is 36.5 Å². The van der Waals surface area contributed by atoms with E-state index < -0.39 is 23.3 Å². The predicted molar refractivity (Wildman–Crippen MR) is 159 cm³/mol. The molecular formula is C29H28BrCl2N5O4. The fraction of sp³-hybridized carbons (Fsp3) is 0.345. The summed E-state index contributed by atoms with van der Waals surface area (Å²) in [6.07, 6.45) is 12.7. The molecule has 0 saturated heterocycles. The van der Waals surface area contributed by atoms with Crippen LogP contribution in [0.3, 0.4) is 0 Å². The number of pyridine rings is 1. The average molecular weight is 661 g/mol. The van der Waals surface area contributed by atoms with Gasteiger partial charge in [0.25, 0.3) is 5.91 Å². The molecule has 1 fully saturated rings. The number of hydrogen-bond acceptors (Lipinski definition) is 7. The van der Waals surface area contributed by atoms with Gasteiger partial charge in [-0.25, -0.2) is 9.78 Å². The van der Waals surface area contributed by atoms with Gasteiger partial charge in [-0.1, -0.05) is 54.6 Å². The van der Waals surface area contributed by atoms with E-state index in [1.165, 1.54) is 12.4 Å². The van der Waals surface area contributed by atoms with E-state index in [4.69, 9.17) is 27.9 Å². The number of Topliss-reactive ketones (excluding diaryl/α,β-unsaturated/α-hetero) is 1. The van der Waals surface area contributed by atoms with Gasteiger partial charge in [-0.15, -0.1) is 0 Å². The average Bonchev–Trinajstić information content (AvgIpc) is 3.49. The Morgan fingerprint density at radius 2 is 1.78 bits per heavy atom. The molecule has 2 heterocycles. The maximum Gasteiger partial charge on any atom is 0.328 e. The van der Waals surface area contributed by atoms with E-state index in [1.807, 2.05) is 16.7 Å². The first-order chi connectivity index (χ1) is 19.8. The molecule has 9 nitrogen and oxygen atoms in total. The summed E-state index contributed by atoms with van der Waals surface area (Å²) >= 11 is 15.7. The second kappa shape index (κ2) is 12.8. The highest BCUT2D eigenvalue weighted by Gasteiger charge is 2.53. The quantitative estimate of drug-likeness (QED) is 0.267. The lowest BCUT2D eigenvalue weighted by molar-refractivity contribution is -0.146. The molecule has 3 aromatic rings. The Balaban J connectivity index is 1.30. The lowest BCUT2D eigenvalue weighted by Crippen LogP contribution is -2.53. The van der Waals surface area contributed by atoms with E-state index in [1.54, 1.807) is 30.9 Å². The van der Waals surface area contributed by atoms with Crippen LogP contribution >= 0.6 is 39.1 Å². The van der Waals surface area contributed by atoms with Crippen LogP contribution in [0.2, 0.25) is 10.0 Å². The van der Waals surface area contributed by atoms with Crippen molar-refractivity contribution in [3.63, 3.8) is 0 Å². The van der Waals surface area contributed by atoms with Crippen molar-refractivity contribution in [3.05, 3.63) is 86.7 Å². The minimum absolute atomic E-state index is 0.0985. The van der Waals surface area contributed by atoms with Crippen molar-refractivity contribution >= 4 is 62.5 Å². The molecule has 2 N–H and O–H groups in total. The van der Waals surface area contributed by atoms with Crippen molar-refractivity contribution in [2.24, 2.45) is 5.41 Å². The molecule has 1 aromatic carbocycles. The number of nitrogens with one attached hydrogen (secondary N) is 2. The van der Waals surface area contributed by atoms with Crippen LogP contribution < -0.4 is 10.6 Å². The van der Waals surface area contributed by atoms with E-state index in [0.29, 0.717) is 23.1 Å². The third-order valence-electron chi connectivity index (χ3n) is 7.53. The molecule has 1 amide bonds. The number of anilines is 1. The van der Waals surface area contributed by atoms with Crippen molar-refractivity contribution in [1.29, 1.82) is 0 Å². The number of carbonyl (C=O) groups excluding carboxylic acids is 3. The smallest absolute Gasteiger partial charge is 0.328 e. The SMILES string of the molecule is O=C(Nc1ccc(C[C@H](NC2=C(Br)C(=O)C23CCCCC3)C(=O)OCCn2ccnc2)cc1)c1c(Cl)cncc1Cl. The van der Waals surface area contributed by atoms with Crippen LogP contribution in [0, 0.1) is 5.41 Å². The monoisotopic (exact) mass is 659 g/mol. The van der Waals surface area contributed by atoms with Gasteiger partial charge in [0.05, 0.1) is 38.4 Å². The van der Waals surface area contributed by atoms with E-state index in [0.717, 1.165) is 43.4 Å². The maximum absolute atomic E-state index is 13.3. The molecule has 12 heteroatoms. The number of ether oxygens (including phenoxy) is 1. The standard InChI is InChI=1S/C29H28BrCl2N5O4/c30-24-25(29(26(24)38)8-2-1-3-9-29)36-22(28(40)41-13-12-37-11-10-33-17-37)14-18-4-6-19(7-5-18)35-27(39)23-20(31)15-34-16-21(23)32/h4-7,10-11,15-17,22,36H,1-3,8-9,12-14H2,(H,35,39)/t22-/m0/s1. The van der Waals surface area contributed by atoms with Crippen molar-refractivity contribution in [1.82, 2.24) is 19.9 Å². The summed E-state index contributed by atoms with van der Waals surface area (Å²) in [7, 11) is 0. The Bertz CT molecular complexity index is 1450. The number of benzene rings is 1. The minimum atomic E-state index is -0.720. The topological polar surface area (TPSA) is 115 Å². The molecule has 0 aliphatic heterocycles. The normalized spacial score (nSPS) is 16.7. The lowest BCUT2D eigenvalue weighted by Gasteiger charge is -2.46. The number of nitrogens with zero attached hydrogens (tertiary/aromatic N) is 3. The summed E-state index contributed by atoms with van der Waals surface area (Å²) in [5, 5.41) is 6.46. The number of hydrogen-bond donors (Lipinski definition) is 2. The first-order valence-electron chi connectivity index (χ1n) is 13.3. The number of ketones is 1. The third-order valence-corrected chi connectivity index (χ3v) is 8.86. The Labute approximate surface area is 255 Å². The Morgan fingerprint density at radius 1 is 1.07 bits per heavy atom. The number of aromatic nitrogens is 3. The van der Waals surface area contributed by atoms with Crippen LogP contribution in [0.1, 0.15) is 48.0 Å². The van der Waals surface area contributed by atoms with Crippen LogP contribution in [0.4, 0.5) is 5.69 Å². The molecule has 5 rings (SSSR count). The minimum Gasteiger partial charge on any atom is -0.462 e. The third kappa shape index (κ3) is 6.34. The highest BCUT2D eigenvalue weighted by Crippen LogP contribution is 2.53. The molecule has 41 heavy (non-hydrogen) atoms. The zero-order chi connectivity index (χ0) is 29.0. The van der Waals surface area contributed by atoms with Gasteiger partial charge >= 0.3 is 5.97 Å². The van der Waals surface area contributed by atoms with Gasteiger partial charge < -0.3 is 19.9 Å². The molecule has 1 spiro atoms. The molecule has 2 aromatic heterocycles. The van der Waals surface area contributed by atoms with Gasteiger partial charge in [0.2, 0.25) is 0 Å². The van der Waals surface area contributed by atoms with Crippen LogP contribution in [0.25, 0.3) is 0 Å². The number of allylic oxidation sites excluding steroid dienone is 2. The van der Waals surface area contributed by atoms with Crippen LogP contribution in [0.15, 0.2) is 65.6 Å². The highest BCUT2D eigenvalue weighted by atomic mass is 79.9. The fourth-order valence-corrected chi connectivity index (χ4v) is 6.75. The zero-order valence-electron chi connectivity index (χ0n) is 22.0. The van der Waals surface area contributed by atoms with Gasteiger partial charge in [-0.3, -0.25) is 14.6 Å². The summed E-state index contributed by atoms with van der Waals surface area (Å²) in [4.78, 5) is 46.8. The highest BCUT2D eigenvalue weighted by molar-refractivity contribution is 9.12. The van der Waals surface area contributed by atoms with Gasteiger partial charge in [0, 0.05) is 42.6 Å². The summed E-state index contributed by atoms with van der Waals surface area (Å²) in [6, 6.07) is 6.40. The second-order valence-corrected chi connectivity index (χ2v) is 11.8. The maximum atomic E-state index is 13.3. The van der Waals surface area contributed by atoms with Crippen LogP contribution in [-0.2, 0) is 27.3 Å². The number of esters is 1. The molecule has 214 valence electrons. The van der Waals surface area contributed by atoms with Crippen molar-refractivity contribution in [2.75, 3.05) is 11.9 Å². The molecule has 0 bridgehead atoms. The summed E-state index contributed by atoms with van der Waals surface area (Å²) < 4.78 is 7.98. The summed E-state index contributed by atoms with van der Waals surface area (Å²) in [5.41, 5.74) is 1.74. The van der Waals surface area contributed by atoms with Crippen LogP contribution in [0.5, 0.6) is 0 Å². The molecule has 2 aliphatic carbocycles. The Morgan fingerprint density at radius 3 is 2.44 bits per heavy atom. The number of carbonyl (C=O) groups is 3. The summed E-state index contributed by atoms with van der Waals surface area (Å²) in [6.45, 7) is 0.663. The fourth-order valence-electron chi connectivity index (χ4n) is 5.34. The van der Waals surface area contributed by atoms with Crippen LogP contribution in [-0.4, -0.2) is 44.8 Å². The summed E-state index contributed by atoms with van der Waals surface area (Å²) in [5.74, 6) is -0.774. The van der Waals surface area contributed by atoms with Gasteiger partial charge in [-0.05, 0) is 46.5 Å². The molecule has 1 atom stereocenters. The van der Waals surface area contributed by atoms with Crippen molar-refractivity contribution in [2.45, 2.75) is 51.1 Å². The van der Waals surface area contributed by atoms with Crippen molar-refractivity contribution < 1.29 is 19.1 Å². The molecule has 1 saturated carbocycles. The number of halogens is 3. The zero-order valence-corrected chi connectivity index (χ0v) is 25.1. The Hall–Kier alpha value is -3.21. The first kappa shape index (κ1) is 29.3. The molecular weight excluding hydrogens is 633 g/mol. The van der Waals surface area contributed by atoms with Gasteiger partial charge in [0.1, 0.15) is 12.6 Å². The Kier molecular flexibility index (Phi) is 9.11. The molecule has 0 radical (unpaired) electrons. The van der Waals surface area contributed by atoms with E-state index >= 15 is 0 Å². The molecule has 2 aliphatic rings. The van der Waals surface area contributed by atoms with E-state index in [-0.39, 0.29) is 28.0 Å². The van der Waals surface area contributed by atoms with Crippen molar-refractivity contribution in [3.8, 4) is 0 Å². The first-order valence-corrected chi connectivity index (χ1v) is 14.9. The lowest BCUT2D eigenvalue weighted by atomic mass is 9.62. The van der Waals surface area contributed by atoms with Gasteiger partial charge in [0.15, 0.2) is 5.78 Å². The second-order valence-electron chi connectivity index (χ2n) is 10.2. The molecule has 0 unspecified atom stereocenters. The van der Waals surface area contributed by atoms with Gasteiger partial charge in [-0.2, -0.15) is 0 Å². The number of imidazole rings is 1. The van der Waals surface area contributed by atoms with E-state index in [9.17, 15) is 14.4 Å². The number of rotatable bonds is 10. The number of amides is 1. The largest absolute Gasteiger partial charge is 0.462 e. The predicted octanol–water partition coefficient (Wildman–Crippen LogP) is 5.72.